The van der Waals surface area contributed by atoms with Gasteiger partial charge in [-0.25, -0.2) is 4.79 Å². The molecule has 10 heteroatoms. The van der Waals surface area contributed by atoms with Crippen molar-refractivity contribution >= 4 is 46.8 Å². The topological polar surface area (TPSA) is 55.8 Å². The number of halogens is 6. The van der Waals surface area contributed by atoms with E-state index in [1.54, 1.807) is 0 Å². The third-order valence-electron chi connectivity index (χ3n) is 3.57. The second-order valence-corrected chi connectivity index (χ2v) is 6.66. The first-order valence-corrected chi connectivity index (χ1v) is 8.34. The van der Waals surface area contributed by atoms with E-state index < -0.39 is 23.8 Å². The van der Waals surface area contributed by atoms with E-state index in [2.05, 4.69) is 0 Å². The summed E-state index contributed by atoms with van der Waals surface area (Å²) in [4.78, 5) is 11.1. The maximum Gasteiger partial charge on any atom is 0.430 e. The summed E-state index contributed by atoms with van der Waals surface area (Å²) in [5.41, 5.74) is -0.739. The molecule has 0 aliphatic carbocycles. The second-order valence-electron chi connectivity index (χ2n) is 5.44. The van der Waals surface area contributed by atoms with Crippen LogP contribution in [-0.4, -0.2) is 23.4 Å². The average molecular weight is 440 g/mol. The zero-order valence-corrected chi connectivity index (χ0v) is 15.2. The number of rotatable bonds is 3. The van der Waals surface area contributed by atoms with Gasteiger partial charge in [0.1, 0.15) is 17.2 Å². The Kier molecular flexibility index (Phi) is 5.20. The Bertz CT molecular complexity index is 957. The van der Waals surface area contributed by atoms with Crippen molar-refractivity contribution in [3.8, 4) is 17.2 Å². The highest BCUT2D eigenvalue weighted by Crippen LogP contribution is 2.41. The lowest BCUT2D eigenvalue weighted by Crippen LogP contribution is -2.40. The number of carboxylic acid groups (broad SMARTS) is 1. The Hall–Kier alpha value is -2.09. The fourth-order valence-corrected chi connectivity index (χ4v) is 2.94. The Morgan fingerprint density at radius 2 is 1.74 bits per heavy atom. The molecule has 0 radical (unpaired) electrons. The molecule has 1 aliphatic rings. The maximum absolute atomic E-state index is 13.1. The molecule has 4 nitrogen and oxygen atoms in total. The molecule has 0 saturated carbocycles. The first kappa shape index (κ1) is 19.7. The number of alkyl halides is 3. The highest BCUT2D eigenvalue weighted by atomic mass is 35.5. The lowest BCUT2D eigenvalue weighted by Gasteiger charge is -2.27. The Labute approximate surface area is 165 Å². The van der Waals surface area contributed by atoms with E-state index in [-0.39, 0.29) is 37.9 Å². The predicted octanol–water partition coefficient (Wildman–Crippen LogP) is 6.23. The molecule has 0 fully saturated rings. The number of ether oxygens (including phenoxy) is 2. The van der Waals surface area contributed by atoms with Gasteiger partial charge in [0, 0.05) is 17.7 Å². The van der Waals surface area contributed by atoms with Crippen molar-refractivity contribution < 1.29 is 32.5 Å². The molecule has 1 atom stereocenters. The first-order chi connectivity index (χ1) is 12.6. The summed E-state index contributed by atoms with van der Waals surface area (Å²) in [6.45, 7) is 0. The molecule has 1 aliphatic heterocycles. The second kappa shape index (κ2) is 7.14. The fourth-order valence-electron chi connectivity index (χ4n) is 2.36. The van der Waals surface area contributed by atoms with Crippen molar-refractivity contribution in [2.75, 3.05) is 0 Å². The van der Waals surface area contributed by atoms with Gasteiger partial charge in [-0.2, -0.15) is 13.2 Å². The Morgan fingerprint density at radius 1 is 1.07 bits per heavy atom. The minimum absolute atomic E-state index is 0.113. The average Bonchev–Trinajstić information content (AvgIpc) is 2.57. The van der Waals surface area contributed by atoms with Gasteiger partial charge in [0.15, 0.2) is 0 Å². The van der Waals surface area contributed by atoms with Gasteiger partial charge < -0.3 is 14.6 Å². The van der Waals surface area contributed by atoms with Gasteiger partial charge in [-0.05, 0) is 24.3 Å². The van der Waals surface area contributed by atoms with Gasteiger partial charge >= 0.3 is 12.1 Å². The minimum Gasteiger partial charge on any atom is -0.478 e. The summed E-state index contributed by atoms with van der Waals surface area (Å²) >= 11 is 17.7. The number of aliphatic carboxylic acids is 1. The quantitative estimate of drug-likeness (QED) is 0.576. The summed E-state index contributed by atoms with van der Waals surface area (Å²) in [5.74, 6) is -1.65. The molecule has 3 rings (SSSR count). The SMILES string of the molecule is O=C(O)C1=Cc2ccc(Oc3cc(Cl)c(Cl)cc3Cl)cc2OC1C(F)(F)F. The zero-order valence-electron chi connectivity index (χ0n) is 13.0. The molecule has 1 N–H and O–H groups in total. The van der Waals surface area contributed by atoms with Crippen LogP contribution in [0.1, 0.15) is 5.56 Å². The highest BCUT2D eigenvalue weighted by molar-refractivity contribution is 6.43. The van der Waals surface area contributed by atoms with Crippen LogP contribution in [0.25, 0.3) is 6.08 Å². The van der Waals surface area contributed by atoms with Crippen LogP contribution in [0.3, 0.4) is 0 Å². The summed E-state index contributed by atoms with van der Waals surface area (Å²) < 4.78 is 49.8. The molecule has 27 heavy (non-hydrogen) atoms. The molecule has 1 heterocycles. The molecule has 0 aromatic heterocycles. The number of hydrogen-bond acceptors (Lipinski definition) is 3. The van der Waals surface area contributed by atoms with Crippen LogP contribution >= 0.6 is 34.8 Å². The summed E-state index contributed by atoms with van der Waals surface area (Å²) in [6, 6.07) is 6.70. The third-order valence-corrected chi connectivity index (χ3v) is 4.59. The van der Waals surface area contributed by atoms with Crippen LogP contribution < -0.4 is 9.47 Å². The third kappa shape index (κ3) is 4.10. The van der Waals surface area contributed by atoms with Crippen molar-refractivity contribution in [3.05, 3.63) is 56.5 Å². The maximum atomic E-state index is 13.1. The van der Waals surface area contributed by atoms with Gasteiger partial charge in [-0.3, -0.25) is 0 Å². The summed E-state index contributed by atoms with van der Waals surface area (Å²) in [6.07, 6.45) is -6.58. The van der Waals surface area contributed by atoms with Crippen molar-refractivity contribution in [2.24, 2.45) is 0 Å². The number of carbonyl (C=O) groups is 1. The van der Waals surface area contributed by atoms with Gasteiger partial charge in [-0.1, -0.05) is 34.8 Å². The largest absolute Gasteiger partial charge is 0.478 e. The standard InChI is InChI=1S/C17H8Cl3F3O4/c18-10-5-12(20)14(6-11(10)19)26-8-2-1-7-3-9(16(24)25)15(17(21,22)23)27-13(7)4-8/h1-6,15H,(H,24,25). The molecular formula is C17H8Cl3F3O4. The van der Waals surface area contributed by atoms with E-state index >= 15 is 0 Å². The first-order valence-electron chi connectivity index (χ1n) is 7.21. The molecule has 0 spiro atoms. The number of benzene rings is 2. The van der Waals surface area contributed by atoms with E-state index in [0.717, 1.165) is 6.08 Å². The van der Waals surface area contributed by atoms with Crippen LogP contribution in [0, 0.1) is 0 Å². The van der Waals surface area contributed by atoms with Crippen molar-refractivity contribution in [1.82, 2.24) is 0 Å². The molecule has 0 saturated heterocycles. The highest BCUT2D eigenvalue weighted by Gasteiger charge is 2.48. The minimum atomic E-state index is -4.90. The van der Waals surface area contributed by atoms with Crippen molar-refractivity contribution in [2.45, 2.75) is 12.3 Å². The number of hydrogen-bond donors (Lipinski definition) is 1. The zero-order chi connectivity index (χ0) is 19.9. The van der Waals surface area contributed by atoms with E-state index in [0.29, 0.717) is 0 Å². The van der Waals surface area contributed by atoms with E-state index in [4.69, 9.17) is 49.4 Å². The molecule has 2 aromatic carbocycles. The van der Waals surface area contributed by atoms with Crippen LogP contribution in [0.5, 0.6) is 17.2 Å². The van der Waals surface area contributed by atoms with E-state index in [1.807, 2.05) is 0 Å². The molecule has 1 unspecified atom stereocenters. The normalized spacial score (nSPS) is 16.2. The van der Waals surface area contributed by atoms with Crippen LogP contribution in [-0.2, 0) is 4.79 Å². The number of carboxylic acids is 1. The Morgan fingerprint density at radius 3 is 2.37 bits per heavy atom. The molecule has 0 bridgehead atoms. The summed E-state index contributed by atoms with van der Waals surface area (Å²) in [7, 11) is 0. The molecule has 0 amide bonds. The van der Waals surface area contributed by atoms with Gasteiger partial charge in [0.25, 0.3) is 0 Å². The van der Waals surface area contributed by atoms with E-state index in [9.17, 15) is 18.0 Å². The van der Waals surface area contributed by atoms with Crippen LogP contribution in [0.15, 0.2) is 35.9 Å². The van der Waals surface area contributed by atoms with Gasteiger partial charge in [0.2, 0.25) is 6.10 Å². The van der Waals surface area contributed by atoms with E-state index in [1.165, 1.54) is 30.3 Å². The van der Waals surface area contributed by atoms with Gasteiger partial charge in [0.05, 0.1) is 20.6 Å². The molecular weight excluding hydrogens is 432 g/mol. The lowest BCUT2D eigenvalue weighted by molar-refractivity contribution is -0.187. The Balaban J connectivity index is 1.97. The number of fused-ring (bicyclic) bond motifs is 1. The van der Waals surface area contributed by atoms with Gasteiger partial charge in [-0.15, -0.1) is 0 Å². The van der Waals surface area contributed by atoms with Crippen LogP contribution in [0.4, 0.5) is 13.2 Å². The fraction of sp³-hybridized carbons (Fsp3) is 0.118. The smallest absolute Gasteiger partial charge is 0.430 e. The lowest BCUT2D eigenvalue weighted by atomic mass is 10.0. The molecule has 2 aromatic rings. The van der Waals surface area contributed by atoms with Crippen molar-refractivity contribution in [1.29, 1.82) is 0 Å². The monoisotopic (exact) mass is 438 g/mol. The summed E-state index contributed by atoms with van der Waals surface area (Å²) in [5, 5.41) is 9.55. The predicted molar refractivity (Wildman–Crippen MR) is 94.1 cm³/mol. The van der Waals surface area contributed by atoms with Crippen LogP contribution in [0.2, 0.25) is 15.1 Å². The molecule has 142 valence electrons. The van der Waals surface area contributed by atoms with Crippen molar-refractivity contribution in [3.63, 3.8) is 0 Å².